The molecule has 1 fully saturated rings. The van der Waals surface area contributed by atoms with Crippen LogP contribution in [0.25, 0.3) is 5.69 Å². The van der Waals surface area contributed by atoms with Crippen molar-refractivity contribution in [1.29, 1.82) is 0 Å². The van der Waals surface area contributed by atoms with Gasteiger partial charge in [-0.05, 0) is 36.8 Å². The highest BCUT2D eigenvalue weighted by Crippen LogP contribution is 2.22. The van der Waals surface area contributed by atoms with E-state index in [0.717, 1.165) is 0 Å². The van der Waals surface area contributed by atoms with Crippen molar-refractivity contribution < 1.29 is 14.0 Å². The smallest absolute Gasteiger partial charge is 0.261 e. The molecule has 0 spiro atoms. The van der Waals surface area contributed by atoms with Crippen LogP contribution in [0.15, 0.2) is 59.5 Å². The second kappa shape index (κ2) is 9.01. The minimum atomic E-state index is -0.654. The van der Waals surface area contributed by atoms with Crippen molar-refractivity contribution in [2.24, 2.45) is 0 Å². The van der Waals surface area contributed by atoms with Crippen molar-refractivity contribution in [3.05, 3.63) is 80.1 Å². The molecule has 1 saturated heterocycles. The van der Waals surface area contributed by atoms with E-state index < -0.39 is 17.8 Å². The Balaban J connectivity index is 1.37. The third kappa shape index (κ3) is 4.84. The quantitative estimate of drug-likeness (QED) is 0.546. The molecule has 1 aliphatic rings. The topological polar surface area (TPSA) is 92.2 Å². The fourth-order valence-corrected chi connectivity index (χ4v) is 4.30. The lowest BCUT2D eigenvalue weighted by atomic mass is 10.1. The van der Waals surface area contributed by atoms with Crippen LogP contribution >= 0.6 is 22.9 Å². The summed E-state index contributed by atoms with van der Waals surface area (Å²) in [5.74, 6) is -1.30. The minimum absolute atomic E-state index is 0.0141. The van der Waals surface area contributed by atoms with E-state index in [2.05, 4.69) is 16.0 Å². The first-order valence-corrected chi connectivity index (χ1v) is 10.7. The zero-order valence-electron chi connectivity index (χ0n) is 16.1. The van der Waals surface area contributed by atoms with E-state index in [9.17, 15) is 18.8 Å². The van der Waals surface area contributed by atoms with E-state index in [-0.39, 0.29) is 23.2 Å². The fourth-order valence-electron chi connectivity index (χ4n) is 3.35. The number of rotatable bonds is 5. The first-order chi connectivity index (χ1) is 14.9. The molecule has 2 atom stereocenters. The summed E-state index contributed by atoms with van der Waals surface area (Å²) in [7, 11) is 0. The number of pyridine rings is 1. The van der Waals surface area contributed by atoms with Gasteiger partial charge < -0.3 is 16.0 Å². The molecular formula is C21H18ClFN4O3S. The summed E-state index contributed by atoms with van der Waals surface area (Å²) in [5, 5.41) is 8.46. The number of hydrogen-bond acceptors (Lipinski definition) is 5. The maximum Gasteiger partial charge on any atom is 0.261 e. The van der Waals surface area contributed by atoms with Gasteiger partial charge in [-0.25, -0.2) is 4.39 Å². The van der Waals surface area contributed by atoms with Gasteiger partial charge in [-0.1, -0.05) is 17.7 Å². The summed E-state index contributed by atoms with van der Waals surface area (Å²) in [6.45, 7) is 0.418. The minimum Gasteiger partial charge on any atom is -0.347 e. The molecule has 1 aliphatic heterocycles. The van der Waals surface area contributed by atoms with Gasteiger partial charge in [0.1, 0.15) is 5.82 Å². The van der Waals surface area contributed by atoms with Crippen LogP contribution in [-0.4, -0.2) is 35.0 Å². The second-order valence-corrected chi connectivity index (χ2v) is 8.75. The van der Waals surface area contributed by atoms with Gasteiger partial charge in [0.05, 0.1) is 26.6 Å². The maximum atomic E-state index is 14.5. The summed E-state index contributed by atoms with van der Waals surface area (Å²) in [5.41, 5.74) is 0.0866. The summed E-state index contributed by atoms with van der Waals surface area (Å²) < 4.78 is 16.4. The van der Waals surface area contributed by atoms with Gasteiger partial charge in [-0.2, -0.15) is 0 Å². The maximum absolute atomic E-state index is 14.5. The lowest BCUT2D eigenvalue weighted by Gasteiger charge is -2.14. The van der Waals surface area contributed by atoms with Crippen LogP contribution < -0.4 is 21.5 Å². The average Bonchev–Trinajstić information content (AvgIpc) is 3.39. The highest BCUT2D eigenvalue weighted by molar-refractivity contribution is 7.18. The molecule has 2 aromatic heterocycles. The molecular weight excluding hydrogens is 443 g/mol. The molecule has 2 unspecified atom stereocenters. The Hall–Kier alpha value is -3.01. The van der Waals surface area contributed by atoms with Crippen LogP contribution in [0, 0.1) is 5.82 Å². The van der Waals surface area contributed by atoms with Crippen molar-refractivity contribution in [1.82, 2.24) is 15.2 Å². The third-order valence-electron chi connectivity index (χ3n) is 4.89. The van der Waals surface area contributed by atoms with Crippen molar-refractivity contribution in [2.45, 2.75) is 18.5 Å². The van der Waals surface area contributed by atoms with E-state index in [1.807, 2.05) is 0 Å². The molecule has 10 heteroatoms. The highest BCUT2D eigenvalue weighted by atomic mass is 35.5. The zero-order chi connectivity index (χ0) is 22.0. The summed E-state index contributed by atoms with van der Waals surface area (Å²) in [6, 6.07) is 11.3. The number of aromatic nitrogens is 1. The van der Waals surface area contributed by atoms with Crippen molar-refractivity contribution in [2.75, 3.05) is 11.9 Å². The van der Waals surface area contributed by atoms with E-state index in [1.165, 1.54) is 40.3 Å². The van der Waals surface area contributed by atoms with Gasteiger partial charge >= 0.3 is 0 Å². The summed E-state index contributed by atoms with van der Waals surface area (Å²) in [6.07, 6.45) is 1.91. The van der Waals surface area contributed by atoms with Crippen LogP contribution in [0.1, 0.15) is 16.1 Å². The number of amides is 2. The van der Waals surface area contributed by atoms with Gasteiger partial charge in [0.15, 0.2) is 0 Å². The lowest BCUT2D eigenvalue weighted by molar-refractivity contribution is -0.117. The predicted octanol–water partition coefficient (Wildman–Crippen LogP) is 2.79. The Kier molecular flexibility index (Phi) is 6.17. The number of nitrogens with one attached hydrogen (secondary N) is 3. The molecule has 1 aromatic carbocycles. The number of anilines is 1. The average molecular weight is 461 g/mol. The molecule has 3 N–H and O–H groups in total. The van der Waals surface area contributed by atoms with Crippen LogP contribution in [0.2, 0.25) is 4.34 Å². The molecule has 2 amide bonds. The predicted molar refractivity (Wildman–Crippen MR) is 118 cm³/mol. The number of carbonyl (C=O) groups excluding carboxylic acids is 2. The molecule has 0 saturated carbocycles. The molecule has 4 rings (SSSR count). The number of hydrogen-bond donors (Lipinski definition) is 3. The molecule has 31 heavy (non-hydrogen) atoms. The zero-order valence-corrected chi connectivity index (χ0v) is 17.7. The first kappa shape index (κ1) is 21.2. The van der Waals surface area contributed by atoms with Gasteiger partial charge in [0.25, 0.3) is 11.5 Å². The van der Waals surface area contributed by atoms with Crippen LogP contribution in [0.5, 0.6) is 0 Å². The molecule has 160 valence electrons. The number of carbonyl (C=O) groups is 2. The van der Waals surface area contributed by atoms with Crippen LogP contribution in [0.3, 0.4) is 0 Å². The fraction of sp³-hybridized carbons (Fsp3) is 0.190. The van der Waals surface area contributed by atoms with Crippen molar-refractivity contribution >= 4 is 40.4 Å². The number of halogens is 2. The van der Waals surface area contributed by atoms with Crippen LogP contribution in [0.4, 0.5) is 10.1 Å². The van der Waals surface area contributed by atoms with E-state index >= 15 is 0 Å². The van der Waals surface area contributed by atoms with E-state index in [0.29, 0.717) is 27.9 Å². The second-order valence-electron chi connectivity index (χ2n) is 7.03. The Morgan fingerprint density at radius 1 is 1.19 bits per heavy atom. The van der Waals surface area contributed by atoms with E-state index in [4.69, 9.17) is 11.6 Å². The normalized spacial score (nSPS) is 18.0. The molecule has 0 aliphatic carbocycles. The van der Waals surface area contributed by atoms with Crippen LogP contribution in [-0.2, 0) is 4.79 Å². The van der Waals surface area contributed by atoms with Gasteiger partial charge in [-0.15, -0.1) is 11.3 Å². The SMILES string of the molecule is O=C(NC1CNC(C(=O)Nc2ccc(-n3ccccc3=O)cc2F)C1)c1ccc(Cl)s1. The van der Waals surface area contributed by atoms with E-state index in [1.54, 1.807) is 30.3 Å². The highest BCUT2D eigenvalue weighted by Gasteiger charge is 2.31. The Labute approximate surface area is 185 Å². The van der Waals surface area contributed by atoms with Crippen molar-refractivity contribution in [3.63, 3.8) is 0 Å². The Morgan fingerprint density at radius 3 is 2.74 bits per heavy atom. The lowest BCUT2D eigenvalue weighted by Crippen LogP contribution is -2.35. The first-order valence-electron chi connectivity index (χ1n) is 9.49. The molecule has 3 heterocycles. The number of benzene rings is 1. The molecule has 3 aromatic rings. The Bertz CT molecular complexity index is 1200. The standard InChI is InChI=1S/C21H18ClFN4O3S/c22-18-7-6-17(31-18)21(30)25-12-9-16(24-11-12)20(29)26-15-5-4-13(10-14(15)23)27-8-2-1-3-19(27)28/h1-8,10,12,16,24H,9,11H2,(H,25,30)(H,26,29). The van der Waals surface area contributed by atoms with Gasteiger partial charge in [0, 0.05) is 30.9 Å². The number of thiophene rings is 1. The summed E-state index contributed by atoms with van der Waals surface area (Å²) >= 11 is 7.03. The number of nitrogens with zero attached hydrogens (tertiary/aromatic N) is 1. The largest absolute Gasteiger partial charge is 0.347 e. The van der Waals surface area contributed by atoms with Gasteiger partial charge in [0.2, 0.25) is 5.91 Å². The third-order valence-corrected chi connectivity index (χ3v) is 6.12. The molecule has 0 bridgehead atoms. The summed E-state index contributed by atoms with van der Waals surface area (Å²) in [4.78, 5) is 37.2. The van der Waals surface area contributed by atoms with Gasteiger partial charge in [-0.3, -0.25) is 19.0 Å². The Morgan fingerprint density at radius 2 is 2.03 bits per heavy atom. The monoisotopic (exact) mass is 460 g/mol. The molecule has 0 radical (unpaired) electrons. The van der Waals surface area contributed by atoms with Crippen molar-refractivity contribution in [3.8, 4) is 5.69 Å². The molecule has 7 nitrogen and oxygen atoms in total.